The molecule has 0 N–H and O–H groups in total. The van der Waals surface area contributed by atoms with Crippen molar-refractivity contribution in [3.05, 3.63) is 70.0 Å². The van der Waals surface area contributed by atoms with Crippen LogP contribution in [-0.4, -0.2) is 28.4 Å². The molecule has 0 saturated carbocycles. The van der Waals surface area contributed by atoms with Gasteiger partial charge in [0.05, 0.1) is 35.6 Å². The molecule has 1 atom stereocenters. The number of methoxy groups -OCH3 is 1. The molecule has 1 aromatic heterocycles. The predicted octanol–water partition coefficient (Wildman–Crippen LogP) is 3.68. The minimum Gasteiger partial charge on any atom is -0.465 e. The normalized spacial score (nSPS) is 11.8. The van der Waals surface area contributed by atoms with E-state index in [9.17, 15) is 9.59 Å². The van der Waals surface area contributed by atoms with E-state index in [4.69, 9.17) is 10.00 Å². The molecule has 3 aromatic rings. The zero-order valence-corrected chi connectivity index (χ0v) is 17.1. The quantitative estimate of drug-likeness (QED) is 0.337. The second-order valence-corrected chi connectivity index (χ2v) is 7.64. The van der Waals surface area contributed by atoms with Crippen molar-refractivity contribution in [2.75, 3.05) is 12.9 Å². The summed E-state index contributed by atoms with van der Waals surface area (Å²) in [5, 5.41) is 10.1. The van der Waals surface area contributed by atoms with Gasteiger partial charge in [-0.05, 0) is 37.1 Å². The van der Waals surface area contributed by atoms with Crippen LogP contribution in [0.2, 0.25) is 0 Å². The molecule has 0 bridgehead atoms. The molecule has 29 heavy (non-hydrogen) atoms. The molecule has 148 valence electrons. The third kappa shape index (κ3) is 4.84. The van der Waals surface area contributed by atoms with Crippen molar-refractivity contribution in [2.24, 2.45) is 5.92 Å². The summed E-state index contributed by atoms with van der Waals surface area (Å²) in [6.45, 7) is 2.31. The van der Waals surface area contributed by atoms with Gasteiger partial charge >= 0.3 is 5.97 Å². The Morgan fingerprint density at radius 2 is 2.03 bits per heavy atom. The van der Waals surface area contributed by atoms with Gasteiger partial charge in [0.1, 0.15) is 0 Å². The number of thioether (sulfide) groups is 1. The number of ether oxygens (including phenoxy) is 1. The fourth-order valence-corrected chi connectivity index (χ4v) is 3.84. The van der Waals surface area contributed by atoms with Gasteiger partial charge in [-0.25, -0.2) is 9.78 Å². The van der Waals surface area contributed by atoms with Crippen molar-refractivity contribution in [1.82, 2.24) is 9.55 Å². The SMILES string of the molecule is COC(=O)c1ccc2c(=O)n(CCc3ccccc3)c(SC[C@@H](C)C#N)nc2c1. The van der Waals surface area contributed by atoms with Crippen LogP contribution in [0.4, 0.5) is 0 Å². The Morgan fingerprint density at radius 1 is 1.28 bits per heavy atom. The number of fused-ring (bicyclic) bond motifs is 1. The van der Waals surface area contributed by atoms with E-state index in [0.29, 0.717) is 40.3 Å². The zero-order valence-electron chi connectivity index (χ0n) is 16.3. The molecule has 6 nitrogen and oxygen atoms in total. The summed E-state index contributed by atoms with van der Waals surface area (Å²) >= 11 is 1.38. The summed E-state index contributed by atoms with van der Waals surface area (Å²) in [4.78, 5) is 29.6. The Bertz CT molecular complexity index is 1120. The van der Waals surface area contributed by atoms with Gasteiger partial charge in [0.25, 0.3) is 5.56 Å². The fraction of sp³-hybridized carbons (Fsp3) is 0.273. The molecular formula is C22H21N3O3S. The van der Waals surface area contributed by atoms with Crippen LogP contribution in [0.1, 0.15) is 22.8 Å². The van der Waals surface area contributed by atoms with Crippen LogP contribution in [0.25, 0.3) is 10.9 Å². The number of hydrogen-bond donors (Lipinski definition) is 0. The third-order valence-electron chi connectivity index (χ3n) is 4.49. The van der Waals surface area contributed by atoms with Crippen molar-refractivity contribution in [2.45, 2.75) is 25.0 Å². The van der Waals surface area contributed by atoms with E-state index in [-0.39, 0.29) is 11.5 Å². The number of hydrogen-bond acceptors (Lipinski definition) is 6. The molecule has 0 fully saturated rings. The highest BCUT2D eigenvalue weighted by molar-refractivity contribution is 7.99. The average molecular weight is 407 g/mol. The first kappa shape index (κ1) is 20.6. The second kappa shape index (κ2) is 9.39. The van der Waals surface area contributed by atoms with Gasteiger partial charge in [0.15, 0.2) is 5.16 Å². The monoisotopic (exact) mass is 407 g/mol. The lowest BCUT2D eigenvalue weighted by Crippen LogP contribution is -2.25. The van der Waals surface area contributed by atoms with Crippen molar-refractivity contribution < 1.29 is 9.53 Å². The lowest BCUT2D eigenvalue weighted by molar-refractivity contribution is 0.0601. The number of benzene rings is 2. The van der Waals surface area contributed by atoms with Crippen molar-refractivity contribution >= 4 is 28.6 Å². The van der Waals surface area contributed by atoms with Crippen molar-refractivity contribution in [3.63, 3.8) is 0 Å². The molecule has 7 heteroatoms. The number of nitrogens with zero attached hydrogens (tertiary/aromatic N) is 3. The number of aromatic nitrogens is 2. The molecule has 1 heterocycles. The Kier molecular flexibility index (Phi) is 6.68. The van der Waals surface area contributed by atoms with Gasteiger partial charge in [0.2, 0.25) is 0 Å². The molecule has 0 aliphatic heterocycles. The Labute approximate surface area is 173 Å². The maximum atomic E-state index is 13.2. The van der Waals surface area contributed by atoms with Crippen LogP contribution in [-0.2, 0) is 17.7 Å². The average Bonchev–Trinajstić information content (AvgIpc) is 2.76. The zero-order chi connectivity index (χ0) is 20.8. The van der Waals surface area contributed by atoms with E-state index in [1.165, 1.54) is 18.9 Å². The maximum absolute atomic E-state index is 13.2. The minimum absolute atomic E-state index is 0.158. The summed E-state index contributed by atoms with van der Waals surface area (Å²) in [6.07, 6.45) is 0.690. The molecule has 0 aliphatic rings. The standard InChI is InChI=1S/C22H21N3O3S/c1-15(13-23)14-29-22-24-19-12-17(21(27)28-2)8-9-18(19)20(26)25(22)11-10-16-6-4-3-5-7-16/h3-9,12,15H,10-11,14H2,1-2H3/t15-/m0/s1. The lowest BCUT2D eigenvalue weighted by atomic mass is 10.1. The number of esters is 1. The first-order chi connectivity index (χ1) is 14.0. The number of aryl methyl sites for hydroxylation is 1. The van der Waals surface area contributed by atoms with E-state index in [2.05, 4.69) is 11.1 Å². The van der Waals surface area contributed by atoms with Gasteiger partial charge in [-0.15, -0.1) is 0 Å². The Hall–Kier alpha value is -3.11. The van der Waals surface area contributed by atoms with Gasteiger partial charge in [0, 0.05) is 12.3 Å². The number of carbonyl (C=O) groups excluding carboxylic acids is 1. The summed E-state index contributed by atoms with van der Waals surface area (Å²) in [5.74, 6) is -0.123. The van der Waals surface area contributed by atoms with Crippen LogP contribution in [0.15, 0.2) is 58.5 Å². The molecule has 0 saturated heterocycles. The third-order valence-corrected chi connectivity index (χ3v) is 5.73. The number of rotatable bonds is 7. The first-order valence-electron chi connectivity index (χ1n) is 9.22. The molecule has 0 amide bonds. The van der Waals surface area contributed by atoms with Gasteiger partial charge in [-0.1, -0.05) is 42.1 Å². The molecule has 3 rings (SSSR count). The van der Waals surface area contributed by atoms with Gasteiger partial charge in [-0.3, -0.25) is 9.36 Å². The highest BCUT2D eigenvalue weighted by Crippen LogP contribution is 2.21. The number of carbonyl (C=O) groups is 1. The molecule has 0 radical (unpaired) electrons. The summed E-state index contributed by atoms with van der Waals surface area (Å²) < 4.78 is 6.41. The van der Waals surface area contributed by atoms with Crippen LogP contribution >= 0.6 is 11.8 Å². The van der Waals surface area contributed by atoms with Gasteiger partial charge in [-0.2, -0.15) is 5.26 Å². The number of nitriles is 1. The molecule has 2 aromatic carbocycles. The van der Waals surface area contributed by atoms with Crippen LogP contribution in [0.5, 0.6) is 0 Å². The van der Waals surface area contributed by atoms with E-state index >= 15 is 0 Å². The first-order valence-corrected chi connectivity index (χ1v) is 10.2. The van der Waals surface area contributed by atoms with E-state index in [0.717, 1.165) is 5.56 Å². The lowest BCUT2D eigenvalue weighted by Gasteiger charge is -2.14. The summed E-state index contributed by atoms with van der Waals surface area (Å²) in [6, 6.07) is 16.9. The van der Waals surface area contributed by atoms with Gasteiger partial charge < -0.3 is 4.74 Å². The molecule has 0 aliphatic carbocycles. The highest BCUT2D eigenvalue weighted by Gasteiger charge is 2.15. The maximum Gasteiger partial charge on any atom is 0.337 e. The highest BCUT2D eigenvalue weighted by atomic mass is 32.2. The molecule has 0 unspecified atom stereocenters. The van der Waals surface area contributed by atoms with Crippen LogP contribution in [0, 0.1) is 17.2 Å². The Balaban J connectivity index is 2.03. The van der Waals surface area contributed by atoms with Crippen LogP contribution < -0.4 is 5.56 Å². The topological polar surface area (TPSA) is 85.0 Å². The van der Waals surface area contributed by atoms with Crippen molar-refractivity contribution in [1.29, 1.82) is 5.26 Å². The van der Waals surface area contributed by atoms with Crippen LogP contribution in [0.3, 0.4) is 0 Å². The largest absolute Gasteiger partial charge is 0.465 e. The van der Waals surface area contributed by atoms with E-state index in [1.54, 1.807) is 22.8 Å². The fourth-order valence-electron chi connectivity index (χ4n) is 2.88. The smallest absolute Gasteiger partial charge is 0.337 e. The second-order valence-electron chi connectivity index (χ2n) is 6.65. The molecule has 0 spiro atoms. The van der Waals surface area contributed by atoms with E-state index < -0.39 is 5.97 Å². The van der Waals surface area contributed by atoms with Crippen molar-refractivity contribution in [3.8, 4) is 6.07 Å². The minimum atomic E-state index is -0.478. The summed E-state index contributed by atoms with van der Waals surface area (Å²) in [5.41, 5.74) is 1.76. The predicted molar refractivity (Wildman–Crippen MR) is 113 cm³/mol. The van der Waals surface area contributed by atoms with E-state index in [1.807, 2.05) is 37.3 Å². The Morgan fingerprint density at radius 3 is 2.72 bits per heavy atom. The molecular weight excluding hydrogens is 386 g/mol. The summed E-state index contributed by atoms with van der Waals surface area (Å²) in [7, 11) is 1.31.